The Kier molecular flexibility index (Phi) is 4.43. The van der Waals surface area contributed by atoms with Crippen molar-refractivity contribution >= 4 is 5.78 Å². The Morgan fingerprint density at radius 2 is 2.13 bits per heavy atom. The van der Waals surface area contributed by atoms with Crippen LogP contribution in [0.4, 0.5) is 4.39 Å². The van der Waals surface area contributed by atoms with Crippen molar-refractivity contribution in [3.63, 3.8) is 0 Å². The standard InChI is InChI=1S/C12H16FNO/c1-2-3-8-11(14)12(15)9-6-4-5-7-10(9)13/h4-7,11H,2-3,8,14H2,1H3. The summed E-state index contributed by atoms with van der Waals surface area (Å²) in [5, 5.41) is 0. The van der Waals surface area contributed by atoms with Crippen LogP contribution in [0.25, 0.3) is 0 Å². The minimum Gasteiger partial charge on any atom is -0.321 e. The molecular weight excluding hydrogens is 193 g/mol. The Labute approximate surface area is 89.3 Å². The van der Waals surface area contributed by atoms with Crippen LogP contribution in [0.5, 0.6) is 0 Å². The van der Waals surface area contributed by atoms with Crippen molar-refractivity contribution in [3.05, 3.63) is 35.6 Å². The van der Waals surface area contributed by atoms with Crippen LogP contribution in [0, 0.1) is 5.82 Å². The van der Waals surface area contributed by atoms with Gasteiger partial charge in [0.1, 0.15) is 5.82 Å². The van der Waals surface area contributed by atoms with Crippen LogP contribution in [0.2, 0.25) is 0 Å². The minimum atomic E-state index is -0.582. The predicted octanol–water partition coefficient (Wildman–Crippen LogP) is 2.53. The van der Waals surface area contributed by atoms with E-state index >= 15 is 0 Å². The summed E-state index contributed by atoms with van der Waals surface area (Å²) in [4.78, 5) is 11.7. The van der Waals surface area contributed by atoms with Gasteiger partial charge in [-0.15, -0.1) is 0 Å². The summed E-state index contributed by atoms with van der Waals surface area (Å²) < 4.78 is 13.2. The quantitative estimate of drug-likeness (QED) is 0.757. The monoisotopic (exact) mass is 209 g/mol. The first-order chi connectivity index (χ1) is 7.16. The number of Topliss-reactive ketones (excluding diaryl/α,β-unsaturated/α-hetero) is 1. The van der Waals surface area contributed by atoms with Crippen LogP contribution in [0.3, 0.4) is 0 Å². The van der Waals surface area contributed by atoms with E-state index in [1.165, 1.54) is 12.1 Å². The van der Waals surface area contributed by atoms with Crippen molar-refractivity contribution in [2.75, 3.05) is 0 Å². The molecule has 0 saturated carbocycles. The third kappa shape index (κ3) is 3.13. The van der Waals surface area contributed by atoms with Crippen LogP contribution >= 0.6 is 0 Å². The van der Waals surface area contributed by atoms with Gasteiger partial charge in [0, 0.05) is 0 Å². The van der Waals surface area contributed by atoms with Gasteiger partial charge in [-0.25, -0.2) is 4.39 Å². The van der Waals surface area contributed by atoms with Crippen LogP contribution in [-0.4, -0.2) is 11.8 Å². The molecule has 1 aromatic carbocycles. The van der Waals surface area contributed by atoms with Gasteiger partial charge in [-0.05, 0) is 18.6 Å². The van der Waals surface area contributed by atoms with E-state index in [0.29, 0.717) is 6.42 Å². The third-order valence-corrected chi connectivity index (χ3v) is 2.34. The first kappa shape index (κ1) is 11.9. The van der Waals surface area contributed by atoms with E-state index in [1.54, 1.807) is 12.1 Å². The molecule has 0 bridgehead atoms. The molecule has 2 nitrogen and oxygen atoms in total. The molecule has 0 fully saturated rings. The third-order valence-electron chi connectivity index (χ3n) is 2.34. The SMILES string of the molecule is CCCCC(N)C(=O)c1ccccc1F. The number of halogens is 1. The number of ketones is 1. The molecule has 1 rings (SSSR count). The highest BCUT2D eigenvalue weighted by molar-refractivity contribution is 6.00. The second-order valence-corrected chi connectivity index (χ2v) is 3.59. The highest BCUT2D eigenvalue weighted by Gasteiger charge is 2.17. The summed E-state index contributed by atoms with van der Waals surface area (Å²) in [5.41, 5.74) is 5.79. The van der Waals surface area contributed by atoms with Gasteiger partial charge in [-0.2, -0.15) is 0 Å². The topological polar surface area (TPSA) is 43.1 Å². The Morgan fingerprint density at radius 1 is 1.47 bits per heavy atom. The number of rotatable bonds is 5. The maximum atomic E-state index is 13.2. The Morgan fingerprint density at radius 3 is 2.73 bits per heavy atom. The number of carbonyl (C=O) groups is 1. The van der Waals surface area contributed by atoms with Crippen molar-refractivity contribution in [2.24, 2.45) is 5.73 Å². The number of benzene rings is 1. The molecule has 0 spiro atoms. The fraction of sp³-hybridized carbons (Fsp3) is 0.417. The van der Waals surface area contributed by atoms with Crippen molar-refractivity contribution in [2.45, 2.75) is 32.2 Å². The Bertz CT molecular complexity index is 338. The predicted molar refractivity (Wildman–Crippen MR) is 58.2 cm³/mol. The highest BCUT2D eigenvalue weighted by atomic mass is 19.1. The van der Waals surface area contributed by atoms with Gasteiger partial charge in [-0.1, -0.05) is 31.9 Å². The summed E-state index contributed by atoms with van der Waals surface area (Å²) in [6.45, 7) is 2.03. The van der Waals surface area contributed by atoms with Crippen LogP contribution in [0.15, 0.2) is 24.3 Å². The second-order valence-electron chi connectivity index (χ2n) is 3.59. The average molecular weight is 209 g/mol. The molecule has 0 aliphatic heterocycles. The van der Waals surface area contributed by atoms with E-state index in [0.717, 1.165) is 12.8 Å². The van der Waals surface area contributed by atoms with Gasteiger partial charge < -0.3 is 5.73 Å². The van der Waals surface area contributed by atoms with Gasteiger partial charge in [0.25, 0.3) is 0 Å². The fourth-order valence-corrected chi connectivity index (χ4v) is 1.42. The fourth-order valence-electron chi connectivity index (χ4n) is 1.42. The molecule has 82 valence electrons. The molecule has 2 N–H and O–H groups in total. The number of nitrogens with two attached hydrogens (primary N) is 1. The Hall–Kier alpha value is -1.22. The van der Waals surface area contributed by atoms with Crippen molar-refractivity contribution in [3.8, 4) is 0 Å². The van der Waals surface area contributed by atoms with Gasteiger partial charge in [0.15, 0.2) is 5.78 Å². The molecule has 0 aromatic heterocycles. The van der Waals surface area contributed by atoms with E-state index in [1.807, 2.05) is 6.92 Å². The van der Waals surface area contributed by atoms with E-state index in [2.05, 4.69) is 0 Å². The molecule has 15 heavy (non-hydrogen) atoms. The van der Waals surface area contributed by atoms with Gasteiger partial charge in [0.05, 0.1) is 11.6 Å². The summed E-state index contributed by atoms with van der Waals surface area (Å²) in [5.74, 6) is -0.795. The zero-order valence-corrected chi connectivity index (χ0v) is 8.87. The van der Waals surface area contributed by atoms with E-state index in [4.69, 9.17) is 5.73 Å². The maximum Gasteiger partial charge on any atom is 0.182 e. The number of hydrogen-bond donors (Lipinski definition) is 1. The van der Waals surface area contributed by atoms with Crippen molar-refractivity contribution in [1.82, 2.24) is 0 Å². The smallest absolute Gasteiger partial charge is 0.182 e. The Balaban J connectivity index is 2.72. The van der Waals surface area contributed by atoms with Crippen molar-refractivity contribution < 1.29 is 9.18 Å². The lowest BCUT2D eigenvalue weighted by molar-refractivity contribution is 0.0952. The molecule has 0 aliphatic carbocycles. The molecule has 1 atom stereocenters. The lowest BCUT2D eigenvalue weighted by Gasteiger charge is -2.10. The molecule has 0 saturated heterocycles. The minimum absolute atomic E-state index is 0.0982. The number of unbranched alkanes of at least 4 members (excludes halogenated alkanes) is 1. The highest BCUT2D eigenvalue weighted by Crippen LogP contribution is 2.11. The summed E-state index contributed by atoms with van der Waals surface area (Å²) in [6.07, 6.45) is 2.49. The number of carbonyl (C=O) groups excluding carboxylic acids is 1. The van der Waals surface area contributed by atoms with E-state index < -0.39 is 11.9 Å². The normalized spacial score (nSPS) is 12.5. The molecule has 0 radical (unpaired) electrons. The molecular formula is C12H16FNO. The summed E-state index contributed by atoms with van der Waals surface area (Å²) in [6, 6.07) is 5.37. The largest absolute Gasteiger partial charge is 0.321 e. The molecule has 0 aliphatic rings. The maximum absolute atomic E-state index is 13.2. The summed E-state index contributed by atoms with van der Waals surface area (Å²) >= 11 is 0. The lowest BCUT2D eigenvalue weighted by Crippen LogP contribution is -2.31. The first-order valence-electron chi connectivity index (χ1n) is 5.21. The van der Waals surface area contributed by atoms with Gasteiger partial charge in [-0.3, -0.25) is 4.79 Å². The molecule has 1 unspecified atom stereocenters. The zero-order chi connectivity index (χ0) is 11.3. The average Bonchev–Trinajstić information content (AvgIpc) is 2.25. The summed E-state index contributed by atoms with van der Waals surface area (Å²) in [7, 11) is 0. The molecule has 0 amide bonds. The molecule has 0 heterocycles. The first-order valence-corrected chi connectivity index (χ1v) is 5.21. The second kappa shape index (κ2) is 5.61. The molecule has 1 aromatic rings. The van der Waals surface area contributed by atoms with Crippen LogP contribution in [0.1, 0.15) is 36.5 Å². The van der Waals surface area contributed by atoms with Gasteiger partial charge in [0.2, 0.25) is 0 Å². The lowest BCUT2D eigenvalue weighted by atomic mass is 10.00. The number of hydrogen-bond acceptors (Lipinski definition) is 2. The molecule has 3 heteroatoms. The van der Waals surface area contributed by atoms with Crippen LogP contribution in [-0.2, 0) is 0 Å². The van der Waals surface area contributed by atoms with E-state index in [9.17, 15) is 9.18 Å². The van der Waals surface area contributed by atoms with E-state index in [-0.39, 0.29) is 11.3 Å². The van der Waals surface area contributed by atoms with Gasteiger partial charge >= 0.3 is 0 Å². The van der Waals surface area contributed by atoms with Crippen molar-refractivity contribution in [1.29, 1.82) is 0 Å². The zero-order valence-electron chi connectivity index (χ0n) is 8.87. The van der Waals surface area contributed by atoms with Crippen LogP contribution < -0.4 is 5.73 Å².